The zero-order chi connectivity index (χ0) is 7.68. The van der Waals surface area contributed by atoms with Crippen LogP contribution in [-0.4, -0.2) is 15.0 Å². The number of aryl methyl sites for hydroxylation is 1. The second-order valence-corrected chi connectivity index (χ2v) is 2.87. The molecule has 0 radical (unpaired) electrons. The maximum atomic E-state index is 5.50. The van der Waals surface area contributed by atoms with Gasteiger partial charge in [0.15, 0.2) is 0 Å². The fourth-order valence-corrected chi connectivity index (χ4v) is 1.53. The average molecular weight is 152 g/mol. The first-order chi connectivity index (χ1) is 5.42. The van der Waals surface area contributed by atoms with Crippen molar-refractivity contribution in [1.29, 1.82) is 0 Å². The molecule has 1 aromatic rings. The molecule has 0 unspecified atom stereocenters. The highest BCUT2D eigenvalue weighted by atomic mass is 15.4. The van der Waals surface area contributed by atoms with Gasteiger partial charge in [0.2, 0.25) is 0 Å². The normalized spacial score (nSPS) is 16.5. The molecule has 2 heterocycles. The van der Waals surface area contributed by atoms with E-state index in [2.05, 4.69) is 10.3 Å². The molecular weight excluding hydrogens is 140 g/mol. The molecule has 0 aromatic carbocycles. The lowest BCUT2D eigenvalue weighted by Crippen LogP contribution is -2.13. The number of hydrogen-bond donors (Lipinski definition) is 1. The van der Waals surface area contributed by atoms with Crippen LogP contribution in [0.25, 0.3) is 0 Å². The Morgan fingerprint density at radius 3 is 3.18 bits per heavy atom. The molecule has 0 spiro atoms. The van der Waals surface area contributed by atoms with Crippen molar-refractivity contribution in [2.24, 2.45) is 5.73 Å². The van der Waals surface area contributed by atoms with E-state index in [0.717, 1.165) is 18.7 Å². The van der Waals surface area contributed by atoms with Gasteiger partial charge in [-0.25, -0.2) is 4.68 Å². The molecule has 0 bridgehead atoms. The van der Waals surface area contributed by atoms with Crippen LogP contribution >= 0.6 is 0 Å². The van der Waals surface area contributed by atoms with Crippen molar-refractivity contribution < 1.29 is 0 Å². The van der Waals surface area contributed by atoms with Crippen LogP contribution in [0.3, 0.4) is 0 Å². The van der Waals surface area contributed by atoms with Crippen LogP contribution in [0.15, 0.2) is 0 Å². The summed E-state index contributed by atoms with van der Waals surface area (Å²) in [5, 5.41) is 8.02. The summed E-state index contributed by atoms with van der Waals surface area (Å²) in [6, 6.07) is 0. The molecule has 1 aromatic heterocycles. The van der Waals surface area contributed by atoms with Crippen LogP contribution in [0.1, 0.15) is 24.2 Å². The third kappa shape index (κ3) is 1.03. The van der Waals surface area contributed by atoms with Gasteiger partial charge in [0.25, 0.3) is 0 Å². The molecule has 1 aliphatic rings. The minimum Gasteiger partial charge on any atom is -0.325 e. The molecule has 0 atom stereocenters. The standard InChI is InChI=1S/C7H12N4/c8-5-6-7-3-1-2-4-11(7)10-9-6/h1-5,8H2. The molecule has 2 N–H and O–H groups in total. The smallest absolute Gasteiger partial charge is 0.0994 e. The zero-order valence-electron chi connectivity index (χ0n) is 6.45. The van der Waals surface area contributed by atoms with Crippen LogP contribution in [0.5, 0.6) is 0 Å². The van der Waals surface area contributed by atoms with Gasteiger partial charge in [0.05, 0.1) is 11.4 Å². The summed E-state index contributed by atoms with van der Waals surface area (Å²) in [4.78, 5) is 0. The fourth-order valence-electron chi connectivity index (χ4n) is 1.53. The molecule has 4 nitrogen and oxygen atoms in total. The van der Waals surface area contributed by atoms with Crippen molar-refractivity contribution in [3.63, 3.8) is 0 Å². The molecule has 0 fully saturated rings. The van der Waals surface area contributed by atoms with Gasteiger partial charge >= 0.3 is 0 Å². The molecule has 1 aliphatic heterocycles. The second kappa shape index (κ2) is 2.62. The predicted molar refractivity (Wildman–Crippen MR) is 40.9 cm³/mol. The Morgan fingerprint density at radius 1 is 1.45 bits per heavy atom. The van der Waals surface area contributed by atoms with Crippen molar-refractivity contribution in [2.45, 2.75) is 32.4 Å². The minimum atomic E-state index is 0.523. The van der Waals surface area contributed by atoms with Crippen LogP contribution in [0.4, 0.5) is 0 Å². The molecule has 0 amide bonds. The van der Waals surface area contributed by atoms with E-state index >= 15 is 0 Å². The third-order valence-electron chi connectivity index (χ3n) is 2.14. The molecule has 0 aliphatic carbocycles. The Bertz CT molecular complexity index is 239. The first-order valence-electron chi connectivity index (χ1n) is 4.03. The van der Waals surface area contributed by atoms with E-state index in [4.69, 9.17) is 5.73 Å². The summed E-state index contributed by atoms with van der Waals surface area (Å²) in [5.74, 6) is 0. The number of hydrogen-bond acceptors (Lipinski definition) is 3. The third-order valence-corrected chi connectivity index (χ3v) is 2.14. The van der Waals surface area contributed by atoms with Gasteiger partial charge in [-0.3, -0.25) is 0 Å². The van der Waals surface area contributed by atoms with Crippen LogP contribution in [0, 0.1) is 0 Å². The van der Waals surface area contributed by atoms with Gasteiger partial charge in [-0.15, -0.1) is 5.10 Å². The molecular formula is C7H12N4. The highest BCUT2D eigenvalue weighted by molar-refractivity contribution is 5.11. The summed E-state index contributed by atoms with van der Waals surface area (Å²) < 4.78 is 1.98. The summed E-state index contributed by atoms with van der Waals surface area (Å²) in [5.41, 5.74) is 7.73. The highest BCUT2D eigenvalue weighted by Crippen LogP contribution is 2.15. The van der Waals surface area contributed by atoms with Gasteiger partial charge in [-0.05, 0) is 19.3 Å². The van der Waals surface area contributed by atoms with E-state index in [1.54, 1.807) is 0 Å². The van der Waals surface area contributed by atoms with E-state index in [0.29, 0.717) is 6.54 Å². The summed E-state index contributed by atoms with van der Waals surface area (Å²) in [7, 11) is 0. The van der Waals surface area contributed by atoms with Gasteiger partial charge in [0.1, 0.15) is 0 Å². The number of aromatic nitrogens is 3. The van der Waals surface area contributed by atoms with E-state index in [9.17, 15) is 0 Å². The lowest BCUT2D eigenvalue weighted by Gasteiger charge is -2.12. The Hall–Kier alpha value is -0.900. The molecule has 0 saturated heterocycles. The molecule has 11 heavy (non-hydrogen) atoms. The maximum Gasteiger partial charge on any atom is 0.0994 e. The minimum absolute atomic E-state index is 0.523. The Morgan fingerprint density at radius 2 is 2.36 bits per heavy atom. The van der Waals surface area contributed by atoms with Gasteiger partial charge in [-0.1, -0.05) is 5.21 Å². The van der Waals surface area contributed by atoms with Gasteiger partial charge in [-0.2, -0.15) is 0 Å². The van der Waals surface area contributed by atoms with E-state index in [1.165, 1.54) is 18.5 Å². The topological polar surface area (TPSA) is 56.7 Å². The summed E-state index contributed by atoms with van der Waals surface area (Å²) >= 11 is 0. The second-order valence-electron chi connectivity index (χ2n) is 2.87. The number of nitrogens with two attached hydrogens (primary N) is 1. The van der Waals surface area contributed by atoms with Gasteiger partial charge < -0.3 is 5.73 Å². The quantitative estimate of drug-likeness (QED) is 0.619. The fraction of sp³-hybridized carbons (Fsp3) is 0.714. The van der Waals surface area contributed by atoms with Gasteiger partial charge in [0, 0.05) is 13.1 Å². The SMILES string of the molecule is NCc1nnn2c1CCCC2. The number of fused-ring (bicyclic) bond motifs is 1. The van der Waals surface area contributed by atoms with Crippen molar-refractivity contribution in [1.82, 2.24) is 15.0 Å². The van der Waals surface area contributed by atoms with Crippen molar-refractivity contribution >= 4 is 0 Å². The van der Waals surface area contributed by atoms with Crippen molar-refractivity contribution in [3.05, 3.63) is 11.4 Å². The Kier molecular flexibility index (Phi) is 1.62. The van der Waals surface area contributed by atoms with Crippen LogP contribution < -0.4 is 5.73 Å². The van der Waals surface area contributed by atoms with Crippen LogP contribution in [0.2, 0.25) is 0 Å². The lowest BCUT2D eigenvalue weighted by molar-refractivity contribution is 0.476. The van der Waals surface area contributed by atoms with Crippen LogP contribution in [-0.2, 0) is 19.5 Å². The summed E-state index contributed by atoms with van der Waals surface area (Å²) in [6.07, 6.45) is 3.57. The maximum absolute atomic E-state index is 5.50. The predicted octanol–water partition coefficient (Wildman–Crippen LogP) is 0.0731. The highest BCUT2D eigenvalue weighted by Gasteiger charge is 2.14. The van der Waals surface area contributed by atoms with E-state index in [-0.39, 0.29) is 0 Å². The molecule has 0 saturated carbocycles. The summed E-state index contributed by atoms with van der Waals surface area (Å²) in [6.45, 7) is 1.54. The van der Waals surface area contributed by atoms with Crippen molar-refractivity contribution in [2.75, 3.05) is 0 Å². The molecule has 60 valence electrons. The first kappa shape index (κ1) is 6.79. The average Bonchev–Trinajstić information content (AvgIpc) is 2.47. The van der Waals surface area contributed by atoms with Crippen molar-refractivity contribution in [3.8, 4) is 0 Å². The first-order valence-corrected chi connectivity index (χ1v) is 4.03. The molecule has 4 heteroatoms. The lowest BCUT2D eigenvalue weighted by atomic mass is 10.1. The zero-order valence-corrected chi connectivity index (χ0v) is 6.45. The van der Waals surface area contributed by atoms with E-state index in [1.807, 2.05) is 4.68 Å². The number of rotatable bonds is 1. The molecule has 2 rings (SSSR count). The van der Waals surface area contributed by atoms with E-state index < -0.39 is 0 Å². The largest absolute Gasteiger partial charge is 0.325 e. The number of nitrogens with zero attached hydrogens (tertiary/aromatic N) is 3. The monoisotopic (exact) mass is 152 g/mol. The Balaban J connectivity index is 2.38. The Labute approximate surface area is 65.4 Å².